The normalized spacial score (nSPS) is 11.6. The van der Waals surface area contributed by atoms with E-state index >= 15 is 0 Å². The summed E-state index contributed by atoms with van der Waals surface area (Å²) in [4.78, 5) is 0. The van der Waals surface area contributed by atoms with E-state index in [-0.39, 0.29) is 103 Å². The molecule has 0 aromatic rings. The second-order valence-corrected chi connectivity index (χ2v) is 7.19. The predicted octanol–water partition coefficient (Wildman–Crippen LogP) is -1.88. The fourth-order valence-electron chi connectivity index (χ4n) is 0.833. The van der Waals surface area contributed by atoms with Gasteiger partial charge in [0.25, 0.3) is 0 Å². The molecule has 0 rings (SSSR count). The molecule has 104 valence electrons. The van der Waals surface area contributed by atoms with Crippen molar-refractivity contribution in [2.45, 2.75) is 41.5 Å². The van der Waals surface area contributed by atoms with Crippen LogP contribution < -0.4 is 103 Å². The van der Waals surface area contributed by atoms with Crippen LogP contribution >= 0.6 is 7.82 Å². The average molecular weight is 345 g/mol. The van der Waals surface area contributed by atoms with Gasteiger partial charge in [-0.1, -0.05) is 41.5 Å². The Morgan fingerprint density at radius 2 is 0.895 bits per heavy atom. The minimum Gasteiger partial charge on any atom is -0.287 e. The van der Waals surface area contributed by atoms with E-state index in [4.69, 9.17) is 13.6 Å². The molecule has 0 aliphatic heterocycles. The Labute approximate surface area is 203 Å². The first kappa shape index (κ1) is 27.2. The minimum absolute atomic E-state index is 0. The van der Waals surface area contributed by atoms with E-state index in [1.54, 1.807) is 0 Å². The van der Waals surface area contributed by atoms with Crippen molar-refractivity contribution in [3.05, 3.63) is 0 Å². The molecule has 0 spiro atoms. The van der Waals surface area contributed by atoms with Crippen molar-refractivity contribution in [1.29, 1.82) is 0 Å². The Hall–Kier alpha value is 3.38. The monoisotopic (exact) mass is 344 g/mol. The number of rotatable bonds is 9. The molecule has 0 radical (unpaired) electrons. The van der Waals surface area contributed by atoms with Crippen molar-refractivity contribution in [2.75, 3.05) is 19.8 Å². The maximum atomic E-state index is 12.3. The van der Waals surface area contributed by atoms with Crippen LogP contribution in [0.4, 0.5) is 0 Å². The molecular formula is C12H27K2O4P+2. The second-order valence-electron chi connectivity index (χ2n) is 5.52. The third-order valence-corrected chi connectivity index (χ3v) is 3.09. The molecule has 0 heterocycles. The zero-order valence-corrected chi connectivity index (χ0v) is 21.1. The van der Waals surface area contributed by atoms with Crippen molar-refractivity contribution in [1.82, 2.24) is 0 Å². The standard InChI is InChI=1S/C12H27O4P.2K/c1-10(2)7-14-17(13,15-8-11(3)4)16-9-12(5)6;;/h10-12H,7-9H2,1-6H3;;/q;2*+1. The van der Waals surface area contributed by atoms with Crippen LogP contribution in [0.1, 0.15) is 41.5 Å². The van der Waals surface area contributed by atoms with Gasteiger partial charge in [-0.3, -0.25) is 13.6 Å². The number of phosphoric ester groups is 1. The zero-order valence-electron chi connectivity index (χ0n) is 13.9. The van der Waals surface area contributed by atoms with E-state index in [2.05, 4.69) is 0 Å². The van der Waals surface area contributed by atoms with Gasteiger partial charge in [-0.25, -0.2) is 4.57 Å². The summed E-state index contributed by atoms with van der Waals surface area (Å²) >= 11 is 0. The Kier molecular flexibility index (Phi) is 21.4. The van der Waals surface area contributed by atoms with Crippen LogP contribution in [0.15, 0.2) is 0 Å². The molecule has 0 aromatic carbocycles. The van der Waals surface area contributed by atoms with Crippen LogP contribution in [0.2, 0.25) is 0 Å². The summed E-state index contributed by atoms with van der Waals surface area (Å²) in [7, 11) is -3.38. The molecule has 0 aromatic heterocycles. The summed E-state index contributed by atoms with van der Waals surface area (Å²) in [5, 5.41) is 0. The van der Waals surface area contributed by atoms with Gasteiger partial charge in [0, 0.05) is 0 Å². The van der Waals surface area contributed by atoms with Crippen LogP contribution in [-0.4, -0.2) is 19.8 Å². The quantitative estimate of drug-likeness (QED) is 0.363. The summed E-state index contributed by atoms with van der Waals surface area (Å²) in [6.45, 7) is 13.1. The first-order valence-corrected chi connectivity index (χ1v) is 7.75. The van der Waals surface area contributed by atoms with Gasteiger partial charge in [-0.2, -0.15) is 0 Å². The molecule has 0 unspecified atom stereocenters. The summed E-state index contributed by atoms with van der Waals surface area (Å²) in [6.07, 6.45) is 0. The van der Waals surface area contributed by atoms with Gasteiger partial charge in [-0.05, 0) is 17.8 Å². The van der Waals surface area contributed by atoms with E-state index in [1.165, 1.54) is 0 Å². The number of hydrogen-bond acceptors (Lipinski definition) is 4. The van der Waals surface area contributed by atoms with Gasteiger partial charge in [-0.15, -0.1) is 0 Å². The smallest absolute Gasteiger partial charge is 0.287 e. The molecule has 0 bridgehead atoms. The fraction of sp³-hybridized carbons (Fsp3) is 1.00. The fourth-order valence-corrected chi connectivity index (χ4v) is 2.50. The summed E-state index contributed by atoms with van der Waals surface area (Å²) in [5.74, 6) is 0.899. The first-order valence-electron chi connectivity index (χ1n) is 6.29. The van der Waals surface area contributed by atoms with Crippen molar-refractivity contribution < 1.29 is 121 Å². The third-order valence-electron chi connectivity index (χ3n) is 1.70. The molecule has 7 heteroatoms. The first-order chi connectivity index (χ1) is 7.75. The summed E-state index contributed by atoms with van der Waals surface area (Å²) in [6, 6.07) is 0. The van der Waals surface area contributed by atoms with E-state index < -0.39 is 7.82 Å². The molecule has 0 saturated carbocycles. The van der Waals surface area contributed by atoms with Gasteiger partial charge >= 0.3 is 111 Å². The molecule has 0 fully saturated rings. The molecule has 0 amide bonds. The molecule has 0 aliphatic carbocycles. The van der Waals surface area contributed by atoms with Crippen LogP contribution in [-0.2, 0) is 18.1 Å². The van der Waals surface area contributed by atoms with E-state index in [0.29, 0.717) is 37.6 Å². The summed E-state index contributed by atoms with van der Waals surface area (Å²) in [5.41, 5.74) is 0. The van der Waals surface area contributed by atoms with Gasteiger partial charge in [0.05, 0.1) is 19.8 Å². The van der Waals surface area contributed by atoms with Crippen LogP contribution in [0.5, 0.6) is 0 Å². The Balaban J connectivity index is -0.00000128. The van der Waals surface area contributed by atoms with Gasteiger partial charge in [0.1, 0.15) is 0 Å². The van der Waals surface area contributed by atoms with Crippen LogP contribution in [0.3, 0.4) is 0 Å². The molecule has 0 aliphatic rings. The maximum absolute atomic E-state index is 12.3. The van der Waals surface area contributed by atoms with E-state index in [9.17, 15) is 4.57 Å². The number of hydrogen-bond donors (Lipinski definition) is 0. The van der Waals surface area contributed by atoms with E-state index in [0.717, 1.165) is 0 Å². The molecule has 0 atom stereocenters. The number of phosphoric acid groups is 1. The molecule has 0 saturated heterocycles. The molecule has 4 nitrogen and oxygen atoms in total. The average Bonchev–Trinajstić information content (AvgIpc) is 2.21. The van der Waals surface area contributed by atoms with E-state index in [1.807, 2.05) is 41.5 Å². The zero-order chi connectivity index (χ0) is 13.5. The maximum Gasteiger partial charge on any atom is 1.00 e. The minimum atomic E-state index is -3.38. The third kappa shape index (κ3) is 17.6. The molecular weight excluding hydrogens is 317 g/mol. The van der Waals surface area contributed by atoms with Crippen LogP contribution in [0, 0.1) is 17.8 Å². The summed E-state index contributed by atoms with van der Waals surface area (Å²) < 4.78 is 28.2. The second kappa shape index (κ2) is 14.9. The van der Waals surface area contributed by atoms with Crippen molar-refractivity contribution >= 4 is 7.82 Å². The van der Waals surface area contributed by atoms with Crippen molar-refractivity contribution in [3.8, 4) is 0 Å². The van der Waals surface area contributed by atoms with Crippen molar-refractivity contribution in [3.63, 3.8) is 0 Å². The van der Waals surface area contributed by atoms with Crippen molar-refractivity contribution in [2.24, 2.45) is 17.8 Å². The van der Waals surface area contributed by atoms with Crippen LogP contribution in [0.25, 0.3) is 0 Å². The predicted molar refractivity (Wildman–Crippen MR) is 70.0 cm³/mol. The molecule has 19 heavy (non-hydrogen) atoms. The van der Waals surface area contributed by atoms with Gasteiger partial charge in [0.15, 0.2) is 0 Å². The Bertz CT molecular complexity index is 210. The Morgan fingerprint density at radius 3 is 1.05 bits per heavy atom. The SMILES string of the molecule is CC(C)COP(=O)(OCC(C)C)OCC(C)C.[K+].[K+]. The van der Waals surface area contributed by atoms with Gasteiger partial charge < -0.3 is 0 Å². The largest absolute Gasteiger partial charge is 1.00 e. The van der Waals surface area contributed by atoms with Gasteiger partial charge in [0.2, 0.25) is 0 Å². The molecule has 0 N–H and O–H groups in total. The Morgan fingerprint density at radius 1 is 0.684 bits per heavy atom. The topological polar surface area (TPSA) is 44.8 Å².